The Hall–Kier alpha value is -2.91. The van der Waals surface area contributed by atoms with Gasteiger partial charge >= 0.3 is 0 Å². The summed E-state index contributed by atoms with van der Waals surface area (Å²) in [7, 11) is 1.63. The molecular weight excluding hydrogens is 394 g/mol. The molecule has 142 valence electrons. The van der Waals surface area contributed by atoms with Gasteiger partial charge in [0.25, 0.3) is 0 Å². The van der Waals surface area contributed by atoms with Gasteiger partial charge in [0.05, 0.1) is 12.4 Å². The second-order valence-electron chi connectivity index (χ2n) is 5.80. The number of methoxy groups -OCH3 is 1. The van der Waals surface area contributed by atoms with Crippen molar-refractivity contribution >= 4 is 33.9 Å². The van der Waals surface area contributed by atoms with Crippen molar-refractivity contribution in [2.24, 2.45) is 0 Å². The van der Waals surface area contributed by atoms with Gasteiger partial charge in [-0.25, -0.2) is 0 Å². The fraction of sp³-hybridized carbons (Fsp3) is 0.158. The summed E-state index contributed by atoms with van der Waals surface area (Å²) >= 11 is 3.02. The summed E-state index contributed by atoms with van der Waals surface area (Å²) in [6.45, 7) is 2.00. The minimum atomic E-state index is -0.0444. The van der Waals surface area contributed by atoms with Crippen LogP contribution in [-0.2, 0) is 0 Å². The highest BCUT2D eigenvalue weighted by Crippen LogP contribution is 2.38. The van der Waals surface area contributed by atoms with Gasteiger partial charge < -0.3 is 14.5 Å². The Morgan fingerprint density at radius 1 is 1.00 bits per heavy atom. The summed E-state index contributed by atoms with van der Waals surface area (Å²) in [6.07, 6.45) is 0. The number of para-hydroxylation sites is 1. The van der Waals surface area contributed by atoms with Crippen LogP contribution in [0.5, 0.6) is 5.75 Å². The van der Waals surface area contributed by atoms with E-state index in [1.165, 1.54) is 23.1 Å². The fourth-order valence-electron chi connectivity index (χ4n) is 2.40. The second kappa shape index (κ2) is 8.41. The topological polar surface area (TPSA) is 86.0 Å². The third kappa shape index (κ3) is 4.32. The van der Waals surface area contributed by atoms with Gasteiger partial charge in [0.15, 0.2) is 4.34 Å². The maximum Gasteiger partial charge on any atom is 0.247 e. The Labute approximate surface area is 170 Å². The van der Waals surface area contributed by atoms with Crippen LogP contribution in [0.2, 0.25) is 0 Å². The van der Waals surface area contributed by atoms with Crippen LogP contribution < -0.4 is 10.1 Å². The van der Waals surface area contributed by atoms with Crippen molar-refractivity contribution in [2.75, 3.05) is 12.4 Å². The lowest BCUT2D eigenvalue weighted by atomic mass is 10.2. The molecule has 2 aromatic heterocycles. The first kappa shape index (κ1) is 18.5. The summed E-state index contributed by atoms with van der Waals surface area (Å²) in [6, 6.07) is 17.4. The fourth-order valence-corrected chi connectivity index (χ4v) is 4.35. The third-order valence-corrected chi connectivity index (χ3v) is 5.84. The van der Waals surface area contributed by atoms with E-state index in [-0.39, 0.29) is 5.25 Å². The maximum atomic E-state index is 5.84. The molecule has 0 radical (unpaired) electrons. The minimum absolute atomic E-state index is 0.0444. The molecule has 0 spiro atoms. The van der Waals surface area contributed by atoms with E-state index in [4.69, 9.17) is 9.15 Å². The molecule has 0 unspecified atom stereocenters. The first-order valence-corrected chi connectivity index (χ1v) is 10.2. The van der Waals surface area contributed by atoms with Gasteiger partial charge in [0.2, 0.25) is 16.9 Å². The number of benzene rings is 2. The Balaban J connectivity index is 1.41. The van der Waals surface area contributed by atoms with E-state index in [9.17, 15) is 0 Å². The molecule has 0 aliphatic carbocycles. The Morgan fingerprint density at radius 2 is 1.79 bits per heavy atom. The molecule has 9 heteroatoms. The molecule has 28 heavy (non-hydrogen) atoms. The number of thioether (sulfide) groups is 1. The van der Waals surface area contributed by atoms with E-state index in [1.54, 1.807) is 7.11 Å². The number of rotatable bonds is 7. The number of aromatic nitrogens is 4. The first-order chi connectivity index (χ1) is 13.7. The van der Waals surface area contributed by atoms with Crippen LogP contribution >= 0.6 is 23.1 Å². The number of anilines is 2. The lowest BCUT2D eigenvalue weighted by molar-refractivity contribution is 0.415. The highest BCUT2D eigenvalue weighted by atomic mass is 32.2. The minimum Gasteiger partial charge on any atom is -0.497 e. The zero-order chi connectivity index (χ0) is 19.3. The van der Waals surface area contributed by atoms with Crippen molar-refractivity contribution in [3.05, 3.63) is 60.5 Å². The van der Waals surface area contributed by atoms with E-state index in [2.05, 4.69) is 25.7 Å². The number of nitrogens with one attached hydrogen (secondary N) is 1. The van der Waals surface area contributed by atoms with E-state index in [0.29, 0.717) is 11.8 Å². The van der Waals surface area contributed by atoms with Gasteiger partial charge in [-0.1, -0.05) is 41.3 Å². The number of hydrogen-bond acceptors (Lipinski definition) is 9. The second-order valence-corrected chi connectivity index (χ2v) is 8.36. The van der Waals surface area contributed by atoms with Crippen LogP contribution in [0.3, 0.4) is 0 Å². The van der Waals surface area contributed by atoms with Crippen LogP contribution in [0, 0.1) is 0 Å². The number of ether oxygens (including phenoxy) is 1. The molecular formula is C19H17N5O2S2. The molecule has 0 saturated heterocycles. The lowest BCUT2D eigenvalue weighted by Gasteiger charge is -2.03. The molecule has 0 saturated carbocycles. The zero-order valence-electron chi connectivity index (χ0n) is 15.2. The van der Waals surface area contributed by atoms with Gasteiger partial charge in [0.1, 0.15) is 5.75 Å². The molecule has 7 nitrogen and oxygen atoms in total. The van der Waals surface area contributed by atoms with Gasteiger partial charge in [-0.2, -0.15) is 0 Å². The molecule has 0 amide bonds. The molecule has 2 heterocycles. The van der Waals surface area contributed by atoms with Crippen molar-refractivity contribution < 1.29 is 9.15 Å². The van der Waals surface area contributed by atoms with Crippen molar-refractivity contribution in [1.82, 2.24) is 20.4 Å². The molecule has 0 aliphatic rings. The Bertz CT molecular complexity index is 1030. The van der Waals surface area contributed by atoms with Crippen molar-refractivity contribution in [1.29, 1.82) is 0 Å². The van der Waals surface area contributed by atoms with Gasteiger partial charge in [-0.15, -0.1) is 20.4 Å². The molecule has 2 aromatic carbocycles. The highest BCUT2D eigenvalue weighted by Gasteiger charge is 2.18. The van der Waals surface area contributed by atoms with Crippen molar-refractivity contribution in [3.8, 4) is 17.2 Å². The number of hydrogen-bond donors (Lipinski definition) is 1. The molecule has 1 atom stereocenters. The zero-order valence-corrected chi connectivity index (χ0v) is 16.8. The Morgan fingerprint density at radius 3 is 2.54 bits per heavy atom. The predicted octanol–water partition coefficient (Wildman–Crippen LogP) is 5.19. The van der Waals surface area contributed by atoms with E-state index >= 15 is 0 Å². The van der Waals surface area contributed by atoms with Crippen molar-refractivity contribution in [3.63, 3.8) is 0 Å². The summed E-state index contributed by atoms with van der Waals surface area (Å²) in [5.41, 5.74) is 1.83. The quantitative estimate of drug-likeness (QED) is 0.416. The third-order valence-electron chi connectivity index (χ3n) is 3.83. The van der Waals surface area contributed by atoms with Crippen LogP contribution in [0.25, 0.3) is 11.5 Å². The van der Waals surface area contributed by atoms with E-state index in [0.717, 1.165) is 26.5 Å². The van der Waals surface area contributed by atoms with Crippen LogP contribution in [0.4, 0.5) is 10.8 Å². The van der Waals surface area contributed by atoms with E-state index in [1.807, 2.05) is 61.5 Å². The highest BCUT2D eigenvalue weighted by molar-refractivity contribution is 8.01. The monoisotopic (exact) mass is 411 g/mol. The standard InChI is InChI=1S/C19H17N5O2S2/c1-12(16-21-22-17(26-16)13-8-10-15(25-2)11-9-13)27-19-24-23-18(28-19)20-14-6-4-3-5-7-14/h3-12H,1-2H3,(H,20,23)/t12-/m0/s1. The number of nitrogens with zero attached hydrogens (tertiary/aromatic N) is 4. The smallest absolute Gasteiger partial charge is 0.247 e. The van der Waals surface area contributed by atoms with Gasteiger partial charge in [-0.05, 0) is 43.3 Å². The molecule has 4 rings (SSSR count). The summed E-state index contributed by atoms with van der Waals surface area (Å²) in [5.74, 6) is 1.81. The average Bonchev–Trinajstić information content (AvgIpc) is 3.39. The summed E-state index contributed by atoms with van der Waals surface area (Å²) in [4.78, 5) is 0. The largest absolute Gasteiger partial charge is 0.497 e. The van der Waals surface area contributed by atoms with Crippen LogP contribution in [0.15, 0.2) is 63.4 Å². The molecule has 4 aromatic rings. The van der Waals surface area contributed by atoms with Crippen molar-refractivity contribution in [2.45, 2.75) is 16.5 Å². The van der Waals surface area contributed by atoms with Crippen LogP contribution in [0.1, 0.15) is 18.1 Å². The van der Waals surface area contributed by atoms with E-state index < -0.39 is 0 Å². The summed E-state index contributed by atoms with van der Waals surface area (Å²) in [5, 5.41) is 20.7. The van der Waals surface area contributed by atoms with Gasteiger partial charge in [-0.3, -0.25) is 0 Å². The molecule has 1 N–H and O–H groups in total. The predicted molar refractivity (Wildman–Crippen MR) is 110 cm³/mol. The SMILES string of the molecule is COc1ccc(-c2nnc([C@H](C)Sc3nnc(Nc4ccccc4)s3)o2)cc1. The molecule has 0 bridgehead atoms. The average molecular weight is 412 g/mol. The Kier molecular flexibility index (Phi) is 5.54. The first-order valence-electron chi connectivity index (χ1n) is 8.51. The van der Waals surface area contributed by atoms with Crippen LogP contribution in [-0.4, -0.2) is 27.5 Å². The van der Waals surface area contributed by atoms with Gasteiger partial charge in [0, 0.05) is 11.3 Å². The maximum absolute atomic E-state index is 5.84. The molecule has 0 aliphatic heterocycles. The lowest BCUT2D eigenvalue weighted by Crippen LogP contribution is -1.88. The normalized spacial score (nSPS) is 11.9. The molecule has 0 fully saturated rings. The summed E-state index contributed by atoms with van der Waals surface area (Å²) < 4.78 is 11.8.